The van der Waals surface area contributed by atoms with Gasteiger partial charge in [0.25, 0.3) is 0 Å². The Morgan fingerprint density at radius 1 is 1.60 bits per heavy atom. The van der Waals surface area contributed by atoms with Crippen LogP contribution >= 0.6 is 0 Å². The Labute approximate surface area is 62.5 Å². The van der Waals surface area contributed by atoms with Gasteiger partial charge in [0.15, 0.2) is 0 Å². The molecule has 2 aliphatic rings. The molecule has 0 bridgehead atoms. The molecule has 1 fully saturated rings. The van der Waals surface area contributed by atoms with Crippen molar-refractivity contribution in [3.05, 3.63) is 11.8 Å². The second kappa shape index (κ2) is 2.30. The Hall–Kier alpha value is -0.460. The maximum absolute atomic E-state index is 3.47. The Bertz CT molecular complexity index is 160. The van der Waals surface area contributed by atoms with Gasteiger partial charge in [0.1, 0.15) is 0 Å². The summed E-state index contributed by atoms with van der Waals surface area (Å²) in [6.07, 6.45) is 6.50. The molecule has 1 heteroatoms. The maximum atomic E-state index is 3.47. The number of rotatable bonds is 0. The van der Waals surface area contributed by atoms with Crippen molar-refractivity contribution in [1.29, 1.82) is 0 Å². The molecule has 1 aliphatic heterocycles. The predicted molar refractivity (Wildman–Crippen MR) is 42.6 cm³/mol. The van der Waals surface area contributed by atoms with Gasteiger partial charge in [-0.15, -0.1) is 0 Å². The van der Waals surface area contributed by atoms with Gasteiger partial charge >= 0.3 is 0 Å². The third kappa shape index (κ3) is 0.845. The van der Waals surface area contributed by atoms with Crippen LogP contribution in [0.15, 0.2) is 11.8 Å². The van der Waals surface area contributed by atoms with Gasteiger partial charge in [-0.05, 0) is 25.2 Å². The summed E-state index contributed by atoms with van der Waals surface area (Å²) in [5, 5.41) is 3.47. The lowest BCUT2D eigenvalue weighted by Crippen LogP contribution is -2.11. The van der Waals surface area contributed by atoms with Gasteiger partial charge in [0, 0.05) is 18.2 Å². The summed E-state index contributed by atoms with van der Waals surface area (Å²) >= 11 is 0. The minimum absolute atomic E-state index is 0.881. The molecule has 0 saturated carbocycles. The van der Waals surface area contributed by atoms with Crippen LogP contribution < -0.4 is 5.32 Å². The van der Waals surface area contributed by atoms with Gasteiger partial charge < -0.3 is 5.32 Å². The Morgan fingerprint density at radius 3 is 3.30 bits per heavy atom. The van der Waals surface area contributed by atoms with Crippen molar-refractivity contribution in [3.63, 3.8) is 0 Å². The van der Waals surface area contributed by atoms with Crippen molar-refractivity contribution in [2.75, 3.05) is 6.54 Å². The van der Waals surface area contributed by atoms with Crippen LogP contribution in [0.3, 0.4) is 0 Å². The van der Waals surface area contributed by atoms with E-state index in [4.69, 9.17) is 0 Å². The first-order valence-electron chi connectivity index (χ1n) is 4.32. The Morgan fingerprint density at radius 2 is 2.50 bits per heavy atom. The summed E-state index contributed by atoms with van der Waals surface area (Å²) in [6, 6.07) is 0. The van der Waals surface area contributed by atoms with Crippen molar-refractivity contribution in [3.8, 4) is 0 Å². The fourth-order valence-electron chi connectivity index (χ4n) is 2.12. The fourth-order valence-corrected chi connectivity index (χ4v) is 2.12. The summed E-state index contributed by atoms with van der Waals surface area (Å²) < 4.78 is 0. The molecule has 0 aromatic carbocycles. The zero-order valence-corrected chi connectivity index (χ0v) is 6.56. The molecule has 2 atom stereocenters. The van der Waals surface area contributed by atoms with E-state index in [0.29, 0.717) is 0 Å². The van der Waals surface area contributed by atoms with Gasteiger partial charge in [-0.25, -0.2) is 0 Å². The zero-order chi connectivity index (χ0) is 6.97. The lowest BCUT2D eigenvalue weighted by Gasteiger charge is -2.18. The molecule has 1 saturated heterocycles. The summed E-state index contributed by atoms with van der Waals surface area (Å²) in [5.74, 6) is 1.76. The molecule has 1 aliphatic carbocycles. The Kier molecular flexibility index (Phi) is 1.44. The van der Waals surface area contributed by atoms with E-state index < -0.39 is 0 Å². The van der Waals surface area contributed by atoms with Gasteiger partial charge in [0.05, 0.1) is 0 Å². The second-order valence-electron chi connectivity index (χ2n) is 3.56. The molecule has 1 N–H and O–H groups in total. The van der Waals surface area contributed by atoms with E-state index in [0.717, 1.165) is 11.8 Å². The smallest absolute Gasteiger partial charge is 0.0176 e. The molecule has 56 valence electrons. The summed E-state index contributed by atoms with van der Waals surface area (Å²) in [4.78, 5) is 0. The van der Waals surface area contributed by atoms with Gasteiger partial charge in [-0.3, -0.25) is 0 Å². The summed E-state index contributed by atoms with van der Waals surface area (Å²) in [6.45, 7) is 3.56. The first kappa shape index (κ1) is 6.26. The van der Waals surface area contributed by atoms with Crippen molar-refractivity contribution in [2.45, 2.75) is 26.2 Å². The first-order chi connectivity index (χ1) is 4.88. The van der Waals surface area contributed by atoms with Crippen LogP contribution in [0, 0.1) is 11.8 Å². The minimum Gasteiger partial charge on any atom is -0.388 e. The van der Waals surface area contributed by atoms with Crippen molar-refractivity contribution < 1.29 is 0 Å². The first-order valence-corrected chi connectivity index (χ1v) is 4.32. The average molecular weight is 137 g/mol. The quantitative estimate of drug-likeness (QED) is 0.537. The van der Waals surface area contributed by atoms with E-state index in [-0.39, 0.29) is 0 Å². The number of hydrogen-bond donors (Lipinski definition) is 1. The molecule has 1 nitrogen and oxygen atoms in total. The van der Waals surface area contributed by atoms with Crippen LogP contribution in [-0.4, -0.2) is 6.54 Å². The lowest BCUT2D eigenvalue weighted by atomic mass is 9.86. The monoisotopic (exact) mass is 137 g/mol. The van der Waals surface area contributed by atoms with E-state index >= 15 is 0 Å². The molecule has 0 radical (unpaired) electrons. The van der Waals surface area contributed by atoms with Gasteiger partial charge in [0.2, 0.25) is 0 Å². The molecule has 0 spiro atoms. The molecule has 0 amide bonds. The normalized spacial score (nSPS) is 38.3. The van der Waals surface area contributed by atoms with Crippen molar-refractivity contribution in [1.82, 2.24) is 5.32 Å². The van der Waals surface area contributed by atoms with Gasteiger partial charge in [-0.2, -0.15) is 0 Å². The number of fused-ring (bicyclic) bond motifs is 1. The third-order valence-corrected chi connectivity index (χ3v) is 2.80. The largest absolute Gasteiger partial charge is 0.388 e. The molecular weight excluding hydrogens is 122 g/mol. The second-order valence-corrected chi connectivity index (χ2v) is 3.56. The minimum atomic E-state index is 0.881. The van der Waals surface area contributed by atoms with E-state index in [1.165, 1.54) is 25.8 Å². The van der Waals surface area contributed by atoms with E-state index in [9.17, 15) is 0 Å². The van der Waals surface area contributed by atoms with Crippen LogP contribution in [0.1, 0.15) is 26.2 Å². The molecule has 0 aromatic rings. The van der Waals surface area contributed by atoms with Crippen LogP contribution in [0.5, 0.6) is 0 Å². The average Bonchev–Trinajstić information content (AvgIpc) is 2.34. The summed E-state index contributed by atoms with van der Waals surface area (Å²) in [5.41, 5.74) is 1.54. The highest BCUT2D eigenvalue weighted by Crippen LogP contribution is 2.33. The number of nitrogens with one attached hydrogen (secondary N) is 1. The summed E-state index contributed by atoms with van der Waals surface area (Å²) in [7, 11) is 0. The number of allylic oxidation sites excluding steroid dienone is 2. The molecular formula is C9H15N. The topological polar surface area (TPSA) is 12.0 Å². The van der Waals surface area contributed by atoms with Crippen LogP contribution in [0.25, 0.3) is 0 Å². The van der Waals surface area contributed by atoms with Crippen LogP contribution in [-0.2, 0) is 0 Å². The highest BCUT2D eigenvalue weighted by Gasteiger charge is 2.28. The van der Waals surface area contributed by atoms with Crippen LogP contribution in [0.4, 0.5) is 0 Å². The molecule has 2 rings (SSSR count). The predicted octanol–water partition coefficient (Wildman–Crippen LogP) is 1.91. The molecule has 10 heavy (non-hydrogen) atoms. The molecule has 0 aromatic heterocycles. The molecule has 1 heterocycles. The fraction of sp³-hybridized carbons (Fsp3) is 0.778. The lowest BCUT2D eigenvalue weighted by molar-refractivity contribution is 0.426. The molecule has 2 unspecified atom stereocenters. The standard InChI is InChI=1S/C9H15N/c1-7-6-10-9-5-3-2-4-8(7)9/h5,7-8,10H,2-4,6H2,1H3. The SMILES string of the molecule is CC1CNC2=CCCCC21. The van der Waals surface area contributed by atoms with Gasteiger partial charge in [-0.1, -0.05) is 13.0 Å². The Balaban J connectivity index is 2.17. The highest BCUT2D eigenvalue weighted by atomic mass is 14.9. The van der Waals surface area contributed by atoms with Crippen molar-refractivity contribution >= 4 is 0 Å². The van der Waals surface area contributed by atoms with Crippen LogP contribution in [0.2, 0.25) is 0 Å². The van der Waals surface area contributed by atoms with E-state index in [2.05, 4.69) is 18.3 Å². The van der Waals surface area contributed by atoms with E-state index in [1.807, 2.05) is 0 Å². The third-order valence-electron chi connectivity index (χ3n) is 2.80. The van der Waals surface area contributed by atoms with Crippen molar-refractivity contribution in [2.24, 2.45) is 11.8 Å². The number of hydrogen-bond acceptors (Lipinski definition) is 1. The maximum Gasteiger partial charge on any atom is 0.0176 e. The zero-order valence-electron chi connectivity index (χ0n) is 6.56. The highest BCUT2D eigenvalue weighted by molar-refractivity contribution is 5.13. The van der Waals surface area contributed by atoms with E-state index in [1.54, 1.807) is 5.70 Å².